The number of hydrogen-bond donors (Lipinski definition) is 3. The van der Waals surface area contributed by atoms with Crippen LogP contribution >= 0.6 is 0 Å². The molecular weight excluding hydrogens is 218 g/mol. The average Bonchev–Trinajstić information content (AvgIpc) is 2.28. The third-order valence-corrected chi connectivity index (χ3v) is 3.28. The van der Waals surface area contributed by atoms with Crippen LogP contribution in [0.15, 0.2) is 0 Å². The third kappa shape index (κ3) is 4.73. The Hall–Kier alpha value is -1.10. The van der Waals surface area contributed by atoms with Gasteiger partial charge in [-0.15, -0.1) is 0 Å². The fourth-order valence-corrected chi connectivity index (χ4v) is 1.91. The maximum absolute atomic E-state index is 11.7. The molecule has 2 amide bonds. The van der Waals surface area contributed by atoms with Gasteiger partial charge in [-0.2, -0.15) is 0 Å². The minimum atomic E-state index is -0.843. The molecule has 0 aliphatic heterocycles. The van der Waals surface area contributed by atoms with Gasteiger partial charge in [0.05, 0.1) is 12.1 Å². The molecule has 4 N–H and O–H groups in total. The minimum absolute atomic E-state index is 0.0637. The fourth-order valence-electron chi connectivity index (χ4n) is 1.91. The Bertz CT molecular complexity index is 283. The largest absolute Gasteiger partial charge is 0.368 e. The molecule has 0 atom stereocenters. The molecule has 1 aliphatic rings. The van der Waals surface area contributed by atoms with Crippen LogP contribution in [0, 0.1) is 0 Å². The van der Waals surface area contributed by atoms with Gasteiger partial charge in [-0.1, -0.05) is 19.3 Å². The number of carbonyl (C=O) groups is 2. The number of carbonyl (C=O) groups excluding carboxylic acids is 2. The normalized spacial score (nSPS) is 17.8. The fraction of sp³-hybridized carbons (Fsp3) is 0.833. The quantitative estimate of drug-likeness (QED) is 0.647. The van der Waals surface area contributed by atoms with Crippen molar-refractivity contribution in [2.75, 3.05) is 6.54 Å². The van der Waals surface area contributed by atoms with E-state index in [0.29, 0.717) is 6.04 Å². The summed E-state index contributed by atoms with van der Waals surface area (Å²) in [6, 6.07) is 0.301. The van der Waals surface area contributed by atoms with Crippen molar-refractivity contribution in [2.45, 2.75) is 57.5 Å². The van der Waals surface area contributed by atoms with E-state index in [-0.39, 0.29) is 12.5 Å². The van der Waals surface area contributed by atoms with E-state index in [1.54, 1.807) is 13.8 Å². The second-order valence-corrected chi connectivity index (χ2v) is 5.25. The number of nitrogens with two attached hydrogens (primary N) is 1. The first-order chi connectivity index (χ1) is 7.92. The first kappa shape index (κ1) is 14.0. The van der Waals surface area contributed by atoms with E-state index in [0.717, 1.165) is 12.8 Å². The molecule has 98 valence electrons. The lowest BCUT2D eigenvalue weighted by Gasteiger charge is -2.25. The summed E-state index contributed by atoms with van der Waals surface area (Å²) in [5.41, 5.74) is 4.36. The minimum Gasteiger partial charge on any atom is -0.368 e. The predicted molar refractivity (Wildman–Crippen MR) is 66.3 cm³/mol. The van der Waals surface area contributed by atoms with Crippen LogP contribution in [-0.4, -0.2) is 29.9 Å². The summed E-state index contributed by atoms with van der Waals surface area (Å²) < 4.78 is 0. The van der Waals surface area contributed by atoms with E-state index in [1.165, 1.54) is 19.3 Å². The first-order valence-electron chi connectivity index (χ1n) is 6.26. The van der Waals surface area contributed by atoms with E-state index < -0.39 is 11.4 Å². The van der Waals surface area contributed by atoms with Crippen LogP contribution in [0.4, 0.5) is 0 Å². The van der Waals surface area contributed by atoms with Crippen molar-refractivity contribution in [3.8, 4) is 0 Å². The smallest absolute Gasteiger partial charge is 0.237 e. The summed E-state index contributed by atoms with van der Waals surface area (Å²) in [7, 11) is 0. The van der Waals surface area contributed by atoms with Gasteiger partial charge in [-0.3, -0.25) is 14.9 Å². The molecule has 0 aromatic carbocycles. The summed E-state index contributed by atoms with van der Waals surface area (Å²) in [5, 5.41) is 5.84. The lowest BCUT2D eigenvalue weighted by atomic mass is 9.95. The molecule has 1 rings (SSSR count). The van der Waals surface area contributed by atoms with Gasteiger partial charge in [0.25, 0.3) is 0 Å². The van der Waals surface area contributed by atoms with Gasteiger partial charge in [0, 0.05) is 6.04 Å². The molecule has 0 heterocycles. The predicted octanol–water partition coefficient (Wildman–Crippen LogP) is 0.289. The monoisotopic (exact) mass is 241 g/mol. The van der Waals surface area contributed by atoms with Gasteiger partial charge in [0.1, 0.15) is 0 Å². The topological polar surface area (TPSA) is 84.2 Å². The maximum atomic E-state index is 11.7. The lowest BCUT2D eigenvalue weighted by molar-refractivity contribution is -0.124. The first-order valence-corrected chi connectivity index (χ1v) is 6.26. The van der Waals surface area contributed by atoms with Crippen molar-refractivity contribution in [1.82, 2.24) is 10.6 Å². The summed E-state index contributed by atoms with van der Waals surface area (Å²) in [5.74, 6) is -0.519. The molecule has 1 aliphatic carbocycles. The molecule has 0 unspecified atom stereocenters. The number of rotatable bonds is 5. The van der Waals surface area contributed by atoms with E-state index >= 15 is 0 Å². The van der Waals surface area contributed by atoms with E-state index in [4.69, 9.17) is 5.73 Å². The number of nitrogens with one attached hydrogen (secondary N) is 2. The third-order valence-electron chi connectivity index (χ3n) is 3.28. The molecule has 5 nitrogen and oxygen atoms in total. The van der Waals surface area contributed by atoms with Crippen molar-refractivity contribution in [3.05, 3.63) is 0 Å². The van der Waals surface area contributed by atoms with Crippen molar-refractivity contribution in [1.29, 1.82) is 0 Å². The van der Waals surface area contributed by atoms with Crippen LogP contribution in [0.2, 0.25) is 0 Å². The van der Waals surface area contributed by atoms with Gasteiger partial charge in [-0.25, -0.2) is 0 Å². The molecule has 5 heteroatoms. The zero-order chi connectivity index (χ0) is 12.9. The number of primary amides is 1. The van der Waals surface area contributed by atoms with Gasteiger partial charge in [0.2, 0.25) is 11.8 Å². The molecule has 0 aromatic rings. The Morgan fingerprint density at radius 2 is 1.82 bits per heavy atom. The number of hydrogen-bond acceptors (Lipinski definition) is 3. The molecule has 0 aromatic heterocycles. The highest BCUT2D eigenvalue weighted by atomic mass is 16.2. The van der Waals surface area contributed by atoms with Crippen LogP contribution < -0.4 is 16.4 Å². The Labute approximate surface area is 103 Å². The molecule has 17 heavy (non-hydrogen) atoms. The second kappa shape index (κ2) is 6.00. The Kier molecular flexibility index (Phi) is 4.93. The van der Waals surface area contributed by atoms with Crippen LogP contribution in [0.25, 0.3) is 0 Å². The maximum Gasteiger partial charge on any atom is 0.237 e. The van der Waals surface area contributed by atoms with E-state index in [1.807, 2.05) is 0 Å². The average molecular weight is 241 g/mol. The Balaban J connectivity index is 2.27. The standard InChI is InChI=1S/C12H23N3O2/c1-12(2,11(13)17)14-8-10(16)15-9-6-4-3-5-7-9/h9,14H,3-8H2,1-2H3,(H2,13,17)(H,15,16). The highest BCUT2D eigenvalue weighted by molar-refractivity contribution is 5.85. The molecule has 0 saturated heterocycles. The molecule has 1 saturated carbocycles. The van der Waals surface area contributed by atoms with Gasteiger partial charge < -0.3 is 11.1 Å². The van der Waals surface area contributed by atoms with Gasteiger partial charge in [-0.05, 0) is 26.7 Å². The van der Waals surface area contributed by atoms with E-state index in [2.05, 4.69) is 10.6 Å². The molecular formula is C12H23N3O2. The van der Waals surface area contributed by atoms with Crippen molar-refractivity contribution < 1.29 is 9.59 Å². The van der Waals surface area contributed by atoms with Crippen molar-refractivity contribution in [2.24, 2.45) is 5.73 Å². The molecule has 0 bridgehead atoms. The van der Waals surface area contributed by atoms with Gasteiger partial charge in [0.15, 0.2) is 0 Å². The summed E-state index contributed by atoms with van der Waals surface area (Å²) in [6.45, 7) is 3.47. The van der Waals surface area contributed by atoms with Crippen molar-refractivity contribution >= 4 is 11.8 Å². The number of amides is 2. The Morgan fingerprint density at radius 3 is 2.35 bits per heavy atom. The highest BCUT2D eigenvalue weighted by Gasteiger charge is 2.25. The zero-order valence-corrected chi connectivity index (χ0v) is 10.7. The SMILES string of the molecule is CC(C)(NCC(=O)NC1CCCCC1)C(N)=O. The lowest BCUT2D eigenvalue weighted by Crippen LogP contribution is -2.54. The van der Waals surface area contributed by atoms with E-state index in [9.17, 15) is 9.59 Å². The summed E-state index contributed by atoms with van der Waals surface area (Å²) in [4.78, 5) is 22.7. The van der Waals surface area contributed by atoms with Crippen LogP contribution in [0.3, 0.4) is 0 Å². The summed E-state index contributed by atoms with van der Waals surface area (Å²) in [6.07, 6.45) is 5.76. The molecule has 0 radical (unpaired) electrons. The Morgan fingerprint density at radius 1 is 1.24 bits per heavy atom. The van der Waals surface area contributed by atoms with Crippen LogP contribution in [0.5, 0.6) is 0 Å². The van der Waals surface area contributed by atoms with Gasteiger partial charge >= 0.3 is 0 Å². The van der Waals surface area contributed by atoms with Crippen LogP contribution in [0.1, 0.15) is 46.0 Å². The highest BCUT2D eigenvalue weighted by Crippen LogP contribution is 2.17. The zero-order valence-electron chi connectivity index (χ0n) is 10.7. The summed E-state index contributed by atoms with van der Waals surface area (Å²) >= 11 is 0. The molecule has 0 spiro atoms. The molecule has 1 fully saturated rings. The van der Waals surface area contributed by atoms with Crippen LogP contribution in [-0.2, 0) is 9.59 Å². The van der Waals surface area contributed by atoms with Crippen molar-refractivity contribution in [3.63, 3.8) is 0 Å². The second-order valence-electron chi connectivity index (χ2n) is 5.25.